The van der Waals surface area contributed by atoms with Crippen LogP contribution in [0.1, 0.15) is 7.43 Å². The van der Waals surface area contributed by atoms with Crippen LogP contribution >= 0.6 is 0 Å². The Morgan fingerprint density at radius 3 is 1.60 bits per heavy atom. The summed E-state index contributed by atoms with van der Waals surface area (Å²) in [6.07, 6.45) is 0. The van der Waals surface area contributed by atoms with E-state index in [1.165, 1.54) is 0 Å². The van der Waals surface area contributed by atoms with E-state index in [1.807, 2.05) is 30.3 Å². The van der Waals surface area contributed by atoms with Crippen LogP contribution < -0.4 is 0 Å². The van der Waals surface area contributed by atoms with E-state index in [0.29, 0.717) is 24.7 Å². The van der Waals surface area contributed by atoms with E-state index in [9.17, 15) is 0 Å². The molecule has 0 aliphatic heterocycles. The summed E-state index contributed by atoms with van der Waals surface area (Å²) in [5.74, 6) is 1.35. The van der Waals surface area contributed by atoms with Gasteiger partial charge in [-0.3, -0.25) is 0 Å². The van der Waals surface area contributed by atoms with E-state index in [1.54, 1.807) is 0 Å². The molecule has 1 rings (SSSR count). The van der Waals surface area contributed by atoms with E-state index < -0.39 is 0 Å². The van der Waals surface area contributed by atoms with Gasteiger partial charge < -0.3 is 30.0 Å². The molecule has 0 heterocycles. The molecule has 0 spiro atoms. The summed E-state index contributed by atoms with van der Waals surface area (Å²) in [6, 6.07) is 12.5. The second kappa shape index (κ2) is 20.1. The maximum Gasteiger partial charge on any atom is 2.00 e. The molecule has 0 saturated heterocycles. The first-order chi connectivity index (χ1) is 6.41. The molecule has 4 heteroatoms. The van der Waals surface area contributed by atoms with Crippen LogP contribution in [-0.2, 0) is 30.0 Å². The summed E-state index contributed by atoms with van der Waals surface area (Å²) in [4.78, 5) is 0. The fourth-order valence-electron chi connectivity index (χ4n) is 0.562. The van der Waals surface area contributed by atoms with Crippen LogP contribution in [0.4, 0.5) is 0 Å². The Morgan fingerprint density at radius 1 is 0.933 bits per heavy atom. The van der Waals surface area contributed by atoms with Crippen molar-refractivity contribution in [3.05, 3.63) is 36.4 Å². The third-order valence-corrected chi connectivity index (χ3v) is 1.40. The smallest absolute Gasteiger partial charge is 0.790 e. The van der Waals surface area contributed by atoms with Gasteiger partial charge in [-0.05, 0) is 6.07 Å². The molecular formula is C11H17OS2Sn. The average Bonchev–Trinajstić information content (AvgIpc) is 2.22. The van der Waals surface area contributed by atoms with Crippen LogP contribution in [0.5, 0.6) is 0 Å². The fourth-order valence-corrected chi connectivity index (χ4v) is 0.798. The van der Waals surface area contributed by atoms with Gasteiger partial charge in [-0.2, -0.15) is 11.5 Å². The van der Waals surface area contributed by atoms with Crippen molar-refractivity contribution < 1.29 is 4.74 Å². The topological polar surface area (TPSA) is 9.23 Å². The maximum atomic E-state index is 4.92. The second-order valence-electron chi connectivity index (χ2n) is 2.10. The summed E-state index contributed by atoms with van der Waals surface area (Å²) in [5.41, 5.74) is 0. The quantitative estimate of drug-likeness (QED) is 0.467. The van der Waals surface area contributed by atoms with Crippen molar-refractivity contribution in [2.24, 2.45) is 0 Å². The molecule has 0 bridgehead atoms. The van der Waals surface area contributed by atoms with E-state index >= 15 is 0 Å². The molecule has 1 aromatic rings. The summed E-state index contributed by atoms with van der Waals surface area (Å²) in [6.45, 7) is 1.35. The van der Waals surface area contributed by atoms with E-state index in [-0.39, 0.29) is 31.3 Å². The van der Waals surface area contributed by atoms with E-state index in [4.69, 9.17) is 4.74 Å². The maximum absolute atomic E-state index is 4.92. The summed E-state index contributed by atoms with van der Waals surface area (Å²) in [7, 11) is 0. The molecule has 0 aliphatic rings. The molecule has 0 fully saturated rings. The first kappa shape index (κ1) is 21.0. The first-order valence-corrected chi connectivity index (χ1v) is 5.22. The molecule has 0 saturated carbocycles. The fraction of sp³-hybridized carbons (Fsp3) is 0.455. The van der Waals surface area contributed by atoms with Crippen LogP contribution in [0.15, 0.2) is 30.3 Å². The summed E-state index contributed by atoms with van der Waals surface area (Å²) >= 11 is 9.21. The molecule has 0 unspecified atom stereocenters. The SMILES string of the molecule is C.[S-]CCOCC[S-].[Sn+2].[c]1ccccc1. The Labute approximate surface area is 122 Å². The number of rotatable bonds is 4. The van der Waals surface area contributed by atoms with Crippen LogP contribution in [-0.4, -0.2) is 48.6 Å². The van der Waals surface area contributed by atoms with Gasteiger partial charge in [0.1, 0.15) is 0 Å². The van der Waals surface area contributed by atoms with Crippen molar-refractivity contribution in [1.29, 1.82) is 0 Å². The first-order valence-electron chi connectivity index (χ1n) is 4.07. The summed E-state index contributed by atoms with van der Waals surface area (Å²) in [5, 5.41) is 0. The Balaban J connectivity index is -0.000000170. The molecule has 3 radical (unpaired) electrons. The minimum Gasteiger partial charge on any atom is -0.790 e. The van der Waals surface area contributed by atoms with E-state index in [2.05, 4.69) is 31.3 Å². The molecule has 0 aromatic heterocycles. The van der Waals surface area contributed by atoms with Crippen LogP contribution in [0.3, 0.4) is 0 Å². The number of hydrogen-bond acceptors (Lipinski definition) is 3. The third kappa shape index (κ3) is 20.7. The van der Waals surface area contributed by atoms with Gasteiger partial charge in [0.15, 0.2) is 0 Å². The van der Waals surface area contributed by atoms with Crippen molar-refractivity contribution in [1.82, 2.24) is 0 Å². The van der Waals surface area contributed by atoms with Gasteiger partial charge in [0, 0.05) is 13.2 Å². The minimum absolute atomic E-state index is 0. The predicted octanol–water partition coefficient (Wildman–Crippen LogP) is 1.84. The Bertz CT molecular complexity index is 143. The Hall–Kier alpha value is 0.679. The molecule has 1 aromatic carbocycles. The van der Waals surface area contributed by atoms with Crippen LogP contribution in [0, 0.1) is 6.07 Å². The van der Waals surface area contributed by atoms with Crippen LogP contribution in [0.25, 0.3) is 0 Å². The van der Waals surface area contributed by atoms with E-state index in [0.717, 1.165) is 0 Å². The van der Waals surface area contributed by atoms with Crippen molar-refractivity contribution in [2.45, 2.75) is 7.43 Å². The van der Waals surface area contributed by atoms with Crippen molar-refractivity contribution >= 4 is 49.2 Å². The van der Waals surface area contributed by atoms with Crippen LogP contribution in [0.2, 0.25) is 0 Å². The largest absolute Gasteiger partial charge is 2.00 e. The average molecular weight is 348 g/mol. The van der Waals surface area contributed by atoms with Gasteiger partial charge in [0.2, 0.25) is 0 Å². The number of benzene rings is 1. The number of hydrogen-bond donors (Lipinski definition) is 0. The van der Waals surface area contributed by atoms with Gasteiger partial charge in [-0.15, -0.1) is 0 Å². The zero-order valence-electron chi connectivity index (χ0n) is 7.94. The van der Waals surface area contributed by atoms with Gasteiger partial charge >= 0.3 is 23.9 Å². The Morgan fingerprint density at radius 2 is 1.40 bits per heavy atom. The van der Waals surface area contributed by atoms with Crippen molar-refractivity contribution in [2.75, 3.05) is 24.7 Å². The predicted molar refractivity (Wildman–Crippen MR) is 73.0 cm³/mol. The zero-order chi connectivity index (χ0) is 9.78. The zero-order valence-corrected chi connectivity index (χ0v) is 12.4. The normalized spacial score (nSPS) is 7.60. The van der Waals surface area contributed by atoms with Gasteiger partial charge in [0.25, 0.3) is 0 Å². The number of ether oxygens (including phenoxy) is 1. The molecule has 0 atom stereocenters. The molecule has 0 aliphatic carbocycles. The van der Waals surface area contributed by atoms with Crippen molar-refractivity contribution in [3.8, 4) is 0 Å². The van der Waals surface area contributed by atoms with Gasteiger partial charge in [0.05, 0.1) is 0 Å². The molecule has 15 heavy (non-hydrogen) atoms. The third-order valence-electron chi connectivity index (χ3n) is 1.06. The molecule has 83 valence electrons. The van der Waals surface area contributed by atoms with Gasteiger partial charge in [-0.1, -0.05) is 37.8 Å². The standard InChI is InChI=1S/C6H5.C4H10OS2.CH4.Sn/c1-2-4-6-5-3-1;6-3-1-5-2-4-7;;/h1-5H;6-7H,1-4H2;1H4;/q;;;+2/p-2. The monoisotopic (exact) mass is 349 g/mol. The molecule has 0 amide bonds. The second-order valence-corrected chi connectivity index (χ2v) is 2.91. The van der Waals surface area contributed by atoms with Gasteiger partial charge in [-0.25, -0.2) is 0 Å². The molecule has 1 nitrogen and oxygen atoms in total. The minimum atomic E-state index is 0. The summed E-state index contributed by atoms with van der Waals surface area (Å²) < 4.78 is 4.92. The molecule has 0 N–H and O–H groups in total. The Kier molecular flexibility index (Phi) is 28.2. The molecular weight excluding hydrogens is 331 g/mol. The van der Waals surface area contributed by atoms with Crippen molar-refractivity contribution in [3.63, 3.8) is 0 Å².